The Labute approximate surface area is 256 Å². The molecule has 0 spiro atoms. The van der Waals surface area contributed by atoms with E-state index in [0.717, 1.165) is 28.9 Å². The summed E-state index contributed by atoms with van der Waals surface area (Å²) < 4.78 is 35.2. The van der Waals surface area contributed by atoms with Crippen LogP contribution in [0, 0.1) is 12.4 Å². The molecule has 0 radical (unpaired) electrons. The molecule has 44 heavy (non-hydrogen) atoms. The standard InChI is InChI=1S/C33H37F2N7O2/c1-21(18-39(4)24-11-12-24)44-33-37-28-20-40(29-10-6-8-23-7-5-9-27(35)30(23)29)14-13-26(28)31(38-33)41-15-16-42(32(43)22(2)34)25(19-41)17-36-3/h5-10,21,24-25H,2,11-20H2,1,4H3/t21-,25+/m1/s1. The van der Waals surface area contributed by atoms with Gasteiger partial charge in [0.15, 0.2) is 5.83 Å². The first-order valence-corrected chi connectivity index (χ1v) is 15.2. The number of aromatic nitrogens is 2. The van der Waals surface area contributed by atoms with Crippen LogP contribution in [0.1, 0.15) is 31.0 Å². The van der Waals surface area contributed by atoms with Crippen LogP contribution in [0.15, 0.2) is 48.8 Å². The number of ether oxygens (including phenoxy) is 1. The van der Waals surface area contributed by atoms with Crippen molar-refractivity contribution in [3.63, 3.8) is 0 Å². The minimum Gasteiger partial charge on any atom is -0.459 e. The molecule has 230 valence electrons. The number of piperazine rings is 1. The number of fused-ring (bicyclic) bond motifs is 2. The Hall–Kier alpha value is -4.30. The molecular weight excluding hydrogens is 564 g/mol. The van der Waals surface area contributed by atoms with E-state index in [1.165, 1.54) is 23.8 Å². The first-order valence-electron chi connectivity index (χ1n) is 15.2. The SMILES string of the molecule is [C-]#[N+]C[C@H]1CN(c2nc(O[C@H](C)CN(C)C3CC3)nc3c2CCN(c2cccc4cccc(F)c24)C3)CCN1C(=O)C(=C)F. The van der Waals surface area contributed by atoms with Gasteiger partial charge in [-0.15, -0.1) is 0 Å². The van der Waals surface area contributed by atoms with E-state index in [1.807, 2.05) is 31.2 Å². The Morgan fingerprint density at radius 3 is 2.68 bits per heavy atom. The van der Waals surface area contributed by atoms with Gasteiger partial charge in [-0.1, -0.05) is 30.8 Å². The summed E-state index contributed by atoms with van der Waals surface area (Å²) >= 11 is 0. The topological polar surface area (TPSA) is 69.4 Å². The maximum Gasteiger partial charge on any atom is 0.318 e. The molecule has 9 nitrogen and oxygen atoms in total. The van der Waals surface area contributed by atoms with Gasteiger partial charge in [-0.25, -0.2) is 15.4 Å². The van der Waals surface area contributed by atoms with Crippen molar-refractivity contribution < 1.29 is 18.3 Å². The summed E-state index contributed by atoms with van der Waals surface area (Å²) in [5.41, 5.74) is 2.57. The lowest BCUT2D eigenvalue weighted by atomic mass is 10.0. The van der Waals surface area contributed by atoms with E-state index in [4.69, 9.17) is 21.3 Å². The Morgan fingerprint density at radius 2 is 1.95 bits per heavy atom. The lowest BCUT2D eigenvalue weighted by molar-refractivity contribution is -0.131. The van der Waals surface area contributed by atoms with Crippen molar-refractivity contribution in [2.45, 2.75) is 50.9 Å². The summed E-state index contributed by atoms with van der Waals surface area (Å²) in [5, 5.41) is 1.42. The highest BCUT2D eigenvalue weighted by Crippen LogP contribution is 2.36. The van der Waals surface area contributed by atoms with Crippen LogP contribution in [-0.4, -0.2) is 90.2 Å². The lowest BCUT2D eigenvalue weighted by Gasteiger charge is -2.41. The average molecular weight is 602 g/mol. The van der Waals surface area contributed by atoms with Crippen LogP contribution in [0.5, 0.6) is 6.01 Å². The number of carbonyl (C=O) groups excluding carboxylic acids is 1. The zero-order chi connectivity index (χ0) is 31.0. The summed E-state index contributed by atoms with van der Waals surface area (Å²) in [4.78, 5) is 33.7. The molecule has 1 saturated heterocycles. The molecule has 1 amide bonds. The third kappa shape index (κ3) is 6.04. The van der Waals surface area contributed by atoms with E-state index in [9.17, 15) is 9.18 Å². The number of benzene rings is 2. The summed E-state index contributed by atoms with van der Waals surface area (Å²) in [6.45, 7) is 15.4. The van der Waals surface area contributed by atoms with Crippen molar-refractivity contribution in [1.29, 1.82) is 0 Å². The molecule has 3 heterocycles. The molecule has 0 bridgehead atoms. The molecular formula is C33H37F2N7O2. The van der Waals surface area contributed by atoms with Crippen LogP contribution < -0.4 is 14.5 Å². The molecule has 1 aromatic heterocycles. The zero-order valence-corrected chi connectivity index (χ0v) is 25.2. The normalized spacial score (nSPS) is 19.1. The second kappa shape index (κ2) is 12.4. The van der Waals surface area contributed by atoms with E-state index >= 15 is 4.39 Å². The van der Waals surface area contributed by atoms with E-state index in [2.05, 4.69) is 33.2 Å². The summed E-state index contributed by atoms with van der Waals surface area (Å²) in [7, 11) is 2.10. The number of nitrogens with zero attached hydrogens (tertiary/aromatic N) is 7. The maximum atomic E-state index is 15.1. The van der Waals surface area contributed by atoms with E-state index < -0.39 is 17.8 Å². The Balaban J connectivity index is 1.33. The Bertz CT molecular complexity index is 1620. The van der Waals surface area contributed by atoms with Gasteiger partial charge in [0.05, 0.1) is 12.2 Å². The molecule has 0 unspecified atom stereocenters. The second-order valence-corrected chi connectivity index (χ2v) is 12.0. The van der Waals surface area contributed by atoms with Crippen molar-refractivity contribution in [2.24, 2.45) is 0 Å². The molecule has 1 aliphatic carbocycles. The fraction of sp³-hybridized carbons (Fsp3) is 0.455. The second-order valence-electron chi connectivity index (χ2n) is 12.0. The predicted octanol–water partition coefficient (Wildman–Crippen LogP) is 4.61. The van der Waals surface area contributed by atoms with Crippen molar-refractivity contribution in [3.05, 3.63) is 77.3 Å². The lowest BCUT2D eigenvalue weighted by Crippen LogP contribution is -2.57. The highest BCUT2D eigenvalue weighted by Gasteiger charge is 2.36. The van der Waals surface area contributed by atoms with E-state index in [-0.39, 0.29) is 31.0 Å². The van der Waals surface area contributed by atoms with Crippen molar-refractivity contribution >= 4 is 28.2 Å². The monoisotopic (exact) mass is 601 g/mol. The van der Waals surface area contributed by atoms with Gasteiger partial charge in [0.1, 0.15) is 23.8 Å². The van der Waals surface area contributed by atoms with Gasteiger partial charge in [0.2, 0.25) is 6.54 Å². The number of amides is 1. The first kappa shape index (κ1) is 29.8. The quantitative estimate of drug-likeness (QED) is 0.262. The van der Waals surface area contributed by atoms with Gasteiger partial charge in [-0.3, -0.25) is 9.69 Å². The molecule has 2 aliphatic heterocycles. The number of hydrogen-bond donors (Lipinski definition) is 0. The molecule has 11 heteroatoms. The Kier molecular flexibility index (Phi) is 8.36. The smallest absolute Gasteiger partial charge is 0.318 e. The van der Waals surface area contributed by atoms with Gasteiger partial charge < -0.3 is 24.3 Å². The van der Waals surface area contributed by atoms with Crippen LogP contribution in [0.4, 0.5) is 20.3 Å². The van der Waals surface area contributed by atoms with Gasteiger partial charge in [0, 0.05) is 55.4 Å². The highest BCUT2D eigenvalue weighted by molar-refractivity contribution is 5.95. The maximum absolute atomic E-state index is 15.1. The van der Waals surface area contributed by atoms with Crippen LogP contribution in [0.25, 0.3) is 15.6 Å². The van der Waals surface area contributed by atoms with Gasteiger partial charge in [0.25, 0.3) is 5.91 Å². The fourth-order valence-corrected chi connectivity index (χ4v) is 6.47. The number of anilines is 2. The Morgan fingerprint density at radius 1 is 1.18 bits per heavy atom. The van der Waals surface area contributed by atoms with Gasteiger partial charge in [-0.05, 0) is 50.8 Å². The minimum absolute atomic E-state index is 0.0388. The minimum atomic E-state index is -1.03. The van der Waals surface area contributed by atoms with Crippen LogP contribution in [0.2, 0.25) is 0 Å². The van der Waals surface area contributed by atoms with Crippen LogP contribution in [-0.2, 0) is 17.8 Å². The molecule has 6 rings (SSSR count). The third-order valence-corrected chi connectivity index (χ3v) is 8.79. The number of hydrogen-bond acceptors (Lipinski definition) is 7. The summed E-state index contributed by atoms with van der Waals surface area (Å²) in [6.07, 6.45) is 2.86. The molecule has 3 aliphatic rings. The fourth-order valence-electron chi connectivity index (χ4n) is 6.47. The van der Waals surface area contributed by atoms with Gasteiger partial charge in [-0.2, -0.15) is 9.97 Å². The van der Waals surface area contributed by atoms with Crippen molar-refractivity contribution in [1.82, 2.24) is 19.8 Å². The number of halogens is 2. The molecule has 2 fully saturated rings. The molecule has 0 N–H and O–H groups in total. The zero-order valence-electron chi connectivity index (χ0n) is 25.2. The van der Waals surface area contributed by atoms with Crippen molar-refractivity contribution in [2.75, 3.05) is 56.1 Å². The largest absolute Gasteiger partial charge is 0.459 e. The number of rotatable bonds is 9. The van der Waals surface area contributed by atoms with E-state index in [1.54, 1.807) is 6.07 Å². The molecule has 3 aromatic rings. The van der Waals surface area contributed by atoms with Crippen molar-refractivity contribution in [3.8, 4) is 6.01 Å². The van der Waals surface area contributed by atoms with Crippen LogP contribution >= 0.6 is 0 Å². The van der Waals surface area contributed by atoms with E-state index in [0.29, 0.717) is 49.8 Å². The van der Waals surface area contributed by atoms with Gasteiger partial charge >= 0.3 is 6.01 Å². The van der Waals surface area contributed by atoms with Crippen LogP contribution in [0.3, 0.4) is 0 Å². The average Bonchev–Trinajstić information content (AvgIpc) is 3.86. The molecule has 2 aromatic carbocycles. The third-order valence-electron chi connectivity index (χ3n) is 8.79. The molecule has 2 atom stereocenters. The number of likely N-dealkylation sites (N-methyl/N-ethyl adjacent to an activating group) is 1. The highest BCUT2D eigenvalue weighted by atomic mass is 19.1. The first-order chi connectivity index (χ1) is 21.2. The summed E-state index contributed by atoms with van der Waals surface area (Å²) in [5.74, 6) is -1.37. The predicted molar refractivity (Wildman–Crippen MR) is 166 cm³/mol. The molecule has 1 saturated carbocycles. The summed E-state index contributed by atoms with van der Waals surface area (Å²) in [6, 6.07) is 11.2. The number of carbonyl (C=O) groups is 1.